The minimum absolute atomic E-state index is 0.0919. The molecule has 0 rings (SSSR count). The van der Waals surface area contributed by atoms with Gasteiger partial charge < -0.3 is 14.2 Å². The van der Waals surface area contributed by atoms with Crippen LogP contribution in [0, 0.1) is 0 Å². The van der Waals surface area contributed by atoms with E-state index in [9.17, 15) is 14.4 Å². The molecule has 6 nitrogen and oxygen atoms in total. The Morgan fingerprint density at radius 2 is 0.574 bits per heavy atom. The molecule has 1 atom stereocenters. The summed E-state index contributed by atoms with van der Waals surface area (Å²) >= 11 is 0. The van der Waals surface area contributed by atoms with Gasteiger partial charge in [-0.05, 0) is 109 Å². The zero-order valence-electron chi connectivity index (χ0n) is 44.9. The standard InChI is InChI=1S/C62H108O6/c1-4-7-10-13-16-19-22-25-28-30-32-34-37-40-43-46-49-52-55-61(64)67-58-59(57-66-60(63)54-51-48-45-42-39-36-33-27-24-21-18-15-12-9-6-3)68-62(65)56-53-50-47-44-41-38-35-31-29-26-23-20-17-14-11-8-5-2/h9,12,18,21,26-30,33,39,42,59H,4-8,10-11,13-17,19-20,22-25,31-32,34-38,40-41,43-58H2,1-3H3/b12-9-,21-18-,29-26-,30-28-,33-27-,42-39-. The first-order valence-electron chi connectivity index (χ1n) is 28.9. The minimum Gasteiger partial charge on any atom is -0.462 e. The van der Waals surface area contributed by atoms with Crippen molar-refractivity contribution in [3.63, 3.8) is 0 Å². The molecule has 0 spiro atoms. The van der Waals surface area contributed by atoms with Crippen molar-refractivity contribution in [3.8, 4) is 0 Å². The van der Waals surface area contributed by atoms with Crippen molar-refractivity contribution in [2.24, 2.45) is 0 Å². The molecule has 0 aromatic rings. The Morgan fingerprint density at radius 3 is 0.941 bits per heavy atom. The van der Waals surface area contributed by atoms with E-state index in [1.165, 1.54) is 161 Å². The van der Waals surface area contributed by atoms with Gasteiger partial charge in [0.1, 0.15) is 13.2 Å². The molecule has 6 heteroatoms. The fourth-order valence-corrected chi connectivity index (χ4v) is 8.07. The summed E-state index contributed by atoms with van der Waals surface area (Å²) in [5, 5.41) is 0. The quantitative estimate of drug-likeness (QED) is 0.0262. The van der Waals surface area contributed by atoms with Gasteiger partial charge in [-0.15, -0.1) is 0 Å². The topological polar surface area (TPSA) is 78.9 Å². The van der Waals surface area contributed by atoms with Gasteiger partial charge in [0.05, 0.1) is 0 Å². The number of hydrogen-bond donors (Lipinski definition) is 0. The second-order valence-electron chi connectivity index (χ2n) is 19.2. The van der Waals surface area contributed by atoms with Gasteiger partial charge >= 0.3 is 17.9 Å². The summed E-state index contributed by atoms with van der Waals surface area (Å²) in [6, 6.07) is 0. The second kappa shape index (κ2) is 56.4. The molecule has 0 amide bonds. The third-order valence-corrected chi connectivity index (χ3v) is 12.4. The largest absolute Gasteiger partial charge is 0.462 e. The van der Waals surface area contributed by atoms with Crippen LogP contribution in [0.4, 0.5) is 0 Å². The Balaban J connectivity index is 4.43. The van der Waals surface area contributed by atoms with Crippen molar-refractivity contribution >= 4 is 17.9 Å². The monoisotopic (exact) mass is 949 g/mol. The zero-order chi connectivity index (χ0) is 49.3. The summed E-state index contributed by atoms with van der Waals surface area (Å²) < 4.78 is 16.8. The van der Waals surface area contributed by atoms with E-state index < -0.39 is 6.10 Å². The molecule has 392 valence electrons. The summed E-state index contributed by atoms with van der Waals surface area (Å²) in [6.07, 6.45) is 71.8. The SMILES string of the molecule is CC/C=C\C/C=C\C/C=C\C/C=C\CCCCC(=O)OCC(COC(=O)CCCCCCCCC/C=C\CCCCCCCCC)OC(=O)CCCCCCCCC/C=C\CCCCCCCC. The fourth-order valence-electron chi connectivity index (χ4n) is 8.07. The van der Waals surface area contributed by atoms with Crippen molar-refractivity contribution in [1.82, 2.24) is 0 Å². The summed E-state index contributed by atoms with van der Waals surface area (Å²) in [4.78, 5) is 38.1. The zero-order valence-corrected chi connectivity index (χ0v) is 44.9. The van der Waals surface area contributed by atoms with Crippen LogP contribution in [0.5, 0.6) is 0 Å². The molecular weight excluding hydrogens is 841 g/mol. The Kier molecular flexibility index (Phi) is 53.8. The van der Waals surface area contributed by atoms with E-state index in [0.29, 0.717) is 19.3 Å². The van der Waals surface area contributed by atoms with Gasteiger partial charge in [-0.25, -0.2) is 0 Å². The van der Waals surface area contributed by atoms with E-state index >= 15 is 0 Å². The second-order valence-corrected chi connectivity index (χ2v) is 19.2. The third-order valence-electron chi connectivity index (χ3n) is 12.4. The van der Waals surface area contributed by atoms with Crippen molar-refractivity contribution in [2.75, 3.05) is 13.2 Å². The third kappa shape index (κ3) is 53.8. The fraction of sp³-hybridized carbons (Fsp3) is 0.758. The molecular formula is C62H108O6. The average molecular weight is 950 g/mol. The maximum absolute atomic E-state index is 12.9. The average Bonchev–Trinajstić information content (AvgIpc) is 3.34. The molecule has 0 aromatic carbocycles. The Bertz CT molecular complexity index is 1270. The van der Waals surface area contributed by atoms with Crippen LogP contribution in [0.2, 0.25) is 0 Å². The molecule has 0 aliphatic rings. The number of allylic oxidation sites excluding steroid dienone is 12. The smallest absolute Gasteiger partial charge is 0.306 e. The van der Waals surface area contributed by atoms with Crippen LogP contribution in [-0.4, -0.2) is 37.2 Å². The highest BCUT2D eigenvalue weighted by molar-refractivity contribution is 5.71. The van der Waals surface area contributed by atoms with Crippen molar-refractivity contribution in [3.05, 3.63) is 72.9 Å². The molecule has 0 heterocycles. The molecule has 0 fully saturated rings. The number of hydrogen-bond acceptors (Lipinski definition) is 6. The maximum Gasteiger partial charge on any atom is 0.306 e. The molecule has 1 unspecified atom stereocenters. The predicted molar refractivity (Wildman–Crippen MR) is 293 cm³/mol. The van der Waals surface area contributed by atoms with Gasteiger partial charge in [-0.1, -0.05) is 229 Å². The van der Waals surface area contributed by atoms with Crippen LogP contribution < -0.4 is 0 Å². The van der Waals surface area contributed by atoms with Gasteiger partial charge in [0.2, 0.25) is 0 Å². The highest BCUT2D eigenvalue weighted by atomic mass is 16.6. The van der Waals surface area contributed by atoms with Gasteiger partial charge in [-0.3, -0.25) is 14.4 Å². The Labute approximate surface area is 421 Å². The minimum atomic E-state index is -0.796. The van der Waals surface area contributed by atoms with Gasteiger partial charge in [0, 0.05) is 19.3 Å². The Hall–Kier alpha value is -3.15. The van der Waals surface area contributed by atoms with Crippen molar-refractivity contribution in [2.45, 2.75) is 290 Å². The summed E-state index contributed by atoms with van der Waals surface area (Å²) in [5.41, 5.74) is 0. The van der Waals surface area contributed by atoms with Gasteiger partial charge in [0.25, 0.3) is 0 Å². The first-order valence-corrected chi connectivity index (χ1v) is 28.9. The van der Waals surface area contributed by atoms with E-state index in [1.54, 1.807) is 0 Å². The van der Waals surface area contributed by atoms with Gasteiger partial charge in [0.15, 0.2) is 6.10 Å². The molecule has 68 heavy (non-hydrogen) atoms. The van der Waals surface area contributed by atoms with E-state index in [-0.39, 0.29) is 31.1 Å². The molecule has 0 bridgehead atoms. The number of esters is 3. The summed E-state index contributed by atoms with van der Waals surface area (Å²) in [5.74, 6) is -0.935. The van der Waals surface area contributed by atoms with Crippen LogP contribution in [0.3, 0.4) is 0 Å². The highest BCUT2D eigenvalue weighted by Crippen LogP contribution is 2.15. The summed E-state index contributed by atoms with van der Waals surface area (Å²) in [6.45, 7) is 6.50. The van der Waals surface area contributed by atoms with Crippen LogP contribution in [-0.2, 0) is 28.6 Å². The lowest BCUT2D eigenvalue weighted by Crippen LogP contribution is -2.30. The predicted octanol–water partition coefficient (Wildman–Crippen LogP) is 19.4. The molecule has 0 aromatic heterocycles. The van der Waals surface area contributed by atoms with E-state index in [4.69, 9.17) is 14.2 Å². The lowest BCUT2D eigenvalue weighted by Gasteiger charge is -2.18. The number of carbonyl (C=O) groups is 3. The Morgan fingerprint density at radius 1 is 0.309 bits per heavy atom. The molecule has 0 N–H and O–H groups in total. The van der Waals surface area contributed by atoms with Crippen molar-refractivity contribution in [1.29, 1.82) is 0 Å². The number of rotatable bonds is 52. The van der Waals surface area contributed by atoms with Crippen LogP contribution in [0.15, 0.2) is 72.9 Å². The molecule has 0 aliphatic carbocycles. The van der Waals surface area contributed by atoms with Crippen LogP contribution in [0.1, 0.15) is 284 Å². The molecule has 0 aliphatic heterocycles. The van der Waals surface area contributed by atoms with E-state index in [2.05, 4.69) is 93.7 Å². The van der Waals surface area contributed by atoms with Gasteiger partial charge in [-0.2, -0.15) is 0 Å². The number of ether oxygens (including phenoxy) is 3. The van der Waals surface area contributed by atoms with E-state index in [0.717, 1.165) is 83.5 Å². The first-order chi connectivity index (χ1) is 33.5. The van der Waals surface area contributed by atoms with Crippen LogP contribution in [0.25, 0.3) is 0 Å². The maximum atomic E-state index is 12.9. The summed E-state index contributed by atoms with van der Waals surface area (Å²) in [7, 11) is 0. The lowest BCUT2D eigenvalue weighted by molar-refractivity contribution is -0.167. The highest BCUT2D eigenvalue weighted by Gasteiger charge is 2.19. The molecule has 0 radical (unpaired) electrons. The lowest BCUT2D eigenvalue weighted by atomic mass is 10.1. The normalized spacial score (nSPS) is 12.6. The van der Waals surface area contributed by atoms with Crippen molar-refractivity contribution < 1.29 is 28.6 Å². The number of unbranched alkanes of at least 4 members (excludes halogenated alkanes) is 29. The molecule has 0 saturated carbocycles. The number of carbonyl (C=O) groups excluding carboxylic acids is 3. The van der Waals surface area contributed by atoms with Crippen LogP contribution >= 0.6 is 0 Å². The molecule has 0 saturated heterocycles. The first kappa shape index (κ1) is 64.8. The van der Waals surface area contributed by atoms with E-state index in [1.807, 2.05) is 0 Å².